The Kier molecular flexibility index (Phi) is 7.23. The van der Waals surface area contributed by atoms with Crippen molar-refractivity contribution in [1.82, 2.24) is 15.5 Å². The molecule has 0 aliphatic carbocycles. The third-order valence-corrected chi connectivity index (χ3v) is 3.17. The second-order valence-electron chi connectivity index (χ2n) is 5.03. The van der Waals surface area contributed by atoms with Gasteiger partial charge in [0.05, 0.1) is 13.2 Å². The number of carbonyl (C=O) groups is 1. The summed E-state index contributed by atoms with van der Waals surface area (Å²) in [7, 11) is 0. The Morgan fingerprint density at radius 1 is 1.33 bits per heavy atom. The zero-order valence-electron chi connectivity index (χ0n) is 11.9. The SMILES string of the molecule is CCNCC(C)C(=O)NC(C)CN1CCOCC1. The molecule has 5 heteroatoms. The summed E-state index contributed by atoms with van der Waals surface area (Å²) in [6.07, 6.45) is 0. The van der Waals surface area contributed by atoms with E-state index >= 15 is 0 Å². The molecule has 5 nitrogen and oxygen atoms in total. The highest BCUT2D eigenvalue weighted by molar-refractivity contribution is 5.78. The van der Waals surface area contributed by atoms with Crippen LogP contribution >= 0.6 is 0 Å². The van der Waals surface area contributed by atoms with E-state index in [0.717, 1.165) is 45.9 Å². The van der Waals surface area contributed by atoms with Crippen LogP contribution in [0.4, 0.5) is 0 Å². The van der Waals surface area contributed by atoms with Crippen LogP contribution in [0.2, 0.25) is 0 Å². The molecule has 1 fully saturated rings. The summed E-state index contributed by atoms with van der Waals surface area (Å²) in [5.74, 6) is 0.161. The lowest BCUT2D eigenvalue weighted by molar-refractivity contribution is -0.125. The van der Waals surface area contributed by atoms with Crippen LogP contribution in [-0.2, 0) is 9.53 Å². The Hall–Kier alpha value is -0.650. The molecule has 2 atom stereocenters. The number of carbonyl (C=O) groups excluding carboxylic acids is 1. The molecule has 0 aromatic heterocycles. The van der Waals surface area contributed by atoms with Gasteiger partial charge in [0.2, 0.25) is 5.91 Å². The third kappa shape index (κ3) is 5.80. The summed E-state index contributed by atoms with van der Waals surface area (Å²) >= 11 is 0. The molecular weight excluding hydrogens is 230 g/mol. The van der Waals surface area contributed by atoms with E-state index < -0.39 is 0 Å². The number of morpholine rings is 1. The predicted molar refractivity (Wildman–Crippen MR) is 72.6 cm³/mol. The first-order chi connectivity index (χ1) is 8.63. The second-order valence-corrected chi connectivity index (χ2v) is 5.03. The minimum atomic E-state index is 0.0251. The highest BCUT2D eigenvalue weighted by Crippen LogP contribution is 2.00. The van der Waals surface area contributed by atoms with Crippen LogP contribution in [0, 0.1) is 5.92 Å². The van der Waals surface area contributed by atoms with Gasteiger partial charge in [-0.3, -0.25) is 9.69 Å². The summed E-state index contributed by atoms with van der Waals surface area (Å²) in [6.45, 7) is 12.2. The van der Waals surface area contributed by atoms with Crippen LogP contribution in [-0.4, -0.2) is 62.8 Å². The summed E-state index contributed by atoms with van der Waals surface area (Å²) in [5.41, 5.74) is 0. The van der Waals surface area contributed by atoms with E-state index in [4.69, 9.17) is 4.74 Å². The topological polar surface area (TPSA) is 53.6 Å². The van der Waals surface area contributed by atoms with Crippen molar-refractivity contribution in [2.24, 2.45) is 5.92 Å². The van der Waals surface area contributed by atoms with Crippen molar-refractivity contribution in [3.63, 3.8) is 0 Å². The number of hydrogen-bond acceptors (Lipinski definition) is 4. The molecule has 2 unspecified atom stereocenters. The molecule has 0 bridgehead atoms. The van der Waals surface area contributed by atoms with Crippen molar-refractivity contribution in [2.75, 3.05) is 45.9 Å². The smallest absolute Gasteiger partial charge is 0.224 e. The molecule has 0 aromatic rings. The van der Waals surface area contributed by atoms with Crippen LogP contribution < -0.4 is 10.6 Å². The quantitative estimate of drug-likeness (QED) is 0.678. The molecule has 1 heterocycles. The van der Waals surface area contributed by atoms with Crippen molar-refractivity contribution in [3.05, 3.63) is 0 Å². The highest BCUT2D eigenvalue weighted by atomic mass is 16.5. The molecule has 1 aliphatic rings. The van der Waals surface area contributed by atoms with Gasteiger partial charge in [-0.2, -0.15) is 0 Å². The van der Waals surface area contributed by atoms with Crippen LogP contribution in [0.1, 0.15) is 20.8 Å². The first-order valence-corrected chi connectivity index (χ1v) is 6.94. The van der Waals surface area contributed by atoms with Gasteiger partial charge < -0.3 is 15.4 Å². The van der Waals surface area contributed by atoms with Crippen molar-refractivity contribution in [2.45, 2.75) is 26.8 Å². The maximum absolute atomic E-state index is 11.9. The van der Waals surface area contributed by atoms with E-state index in [1.165, 1.54) is 0 Å². The molecule has 2 N–H and O–H groups in total. The standard InChI is InChI=1S/C13H27N3O2/c1-4-14-9-11(2)13(17)15-12(3)10-16-5-7-18-8-6-16/h11-12,14H,4-10H2,1-3H3,(H,15,17). The van der Waals surface area contributed by atoms with Gasteiger partial charge in [0.1, 0.15) is 0 Å². The van der Waals surface area contributed by atoms with Crippen molar-refractivity contribution < 1.29 is 9.53 Å². The van der Waals surface area contributed by atoms with Gasteiger partial charge in [-0.1, -0.05) is 13.8 Å². The van der Waals surface area contributed by atoms with Gasteiger partial charge in [0.25, 0.3) is 0 Å². The third-order valence-electron chi connectivity index (χ3n) is 3.17. The van der Waals surface area contributed by atoms with Crippen molar-refractivity contribution in [3.8, 4) is 0 Å². The molecule has 18 heavy (non-hydrogen) atoms. The predicted octanol–water partition coefficient (Wildman–Crippen LogP) is 0.0689. The van der Waals surface area contributed by atoms with Gasteiger partial charge in [0, 0.05) is 38.1 Å². The fourth-order valence-electron chi connectivity index (χ4n) is 2.06. The molecule has 0 aromatic carbocycles. The first-order valence-electron chi connectivity index (χ1n) is 6.94. The molecule has 0 radical (unpaired) electrons. The first kappa shape index (κ1) is 15.4. The highest BCUT2D eigenvalue weighted by Gasteiger charge is 2.17. The summed E-state index contributed by atoms with van der Waals surface area (Å²) in [5, 5.41) is 6.27. The van der Waals surface area contributed by atoms with E-state index in [9.17, 15) is 4.79 Å². The number of nitrogens with one attached hydrogen (secondary N) is 2. The van der Waals surface area contributed by atoms with Crippen molar-refractivity contribution in [1.29, 1.82) is 0 Å². The monoisotopic (exact) mass is 257 g/mol. The van der Waals surface area contributed by atoms with E-state index in [1.54, 1.807) is 0 Å². The van der Waals surface area contributed by atoms with Gasteiger partial charge in [-0.15, -0.1) is 0 Å². The molecule has 1 aliphatic heterocycles. The molecule has 106 valence electrons. The van der Waals surface area contributed by atoms with Gasteiger partial charge in [0.15, 0.2) is 0 Å². The molecule has 1 saturated heterocycles. The molecular formula is C13H27N3O2. The Labute approximate surface area is 110 Å². The lowest BCUT2D eigenvalue weighted by Crippen LogP contribution is -2.47. The fourth-order valence-corrected chi connectivity index (χ4v) is 2.06. The van der Waals surface area contributed by atoms with Crippen LogP contribution in [0.3, 0.4) is 0 Å². The van der Waals surface area contributed by atoms with Crippen molar-refractivity contribution >= 4 is 5.91 Å². The second kappa shape index (κ2) is 8.45. The van der Waals surface area contributed by atoms with Crippen LogP contribution in [0.5, 0.6) is 0 Å². The average Bonchev–Trinajstić information content (AvgIpc) is 2.36. The molecule has 0 spiro atoms. The van der Waals surface area contributed by atoms with Crippen LogP contribution in [0.25, 0.3) is 0 Å². The number of rotatable bonds is 7. The van der Waals surface area contributed by atoms with Gasteiger partial charge in [-0.25, -0.2) is 0 Å². The average molecular weight is 257 g/mol. The Bertz CT molecular complexity index is 242. The number of amides is 1. The van der Waals surface area contributed by atoms with Gasteiger partial charge in [-0.05, 0) is 13.5 Å². The minimum absolute atomic E-state index is 0.0251. The summed E-state index contributed by atoms with van der Waals surface area (Å²) in [4.78, 5) is 14.2. The maximum Gasteiger partial charge on any atom is 0.224 e. The summed E-state index contributed by atoms with van der Waals surface area (Å²) in [6, 6.07) is 0.194. The number of nitrogens with zero attached hydrogens (tertiary/aromatic N) is 1. The largest absolute Gasteiger partial charge is 0.379 e. The molecule has 0 saturated carbocycles. The number of hydrogen-bond donors (Lipinski definition) is 2. The van der Waals surface area contributed by atoms with E-state index in [0.29, 0.717) is 0 Å². The van der Waals surface area contributed by atoms with E-state index in [2.05, 4.69) is 22.5 Å². The Balaban J connectivity index is 2.21. The Morgan fingerprint density at radius 2 is 2.00 bits per heavy atom. The lowest BCUT2D eigenvalue weighted by Gasteiger charge is -2.29. The van der Waals surface area contributed by atoms with Crippen LogP contribution in [0.15, 0.2) is 0 Å². The lowest BCUT2D eigenvalue weighted by atomic mass is 10.1. The number of ether oxygens (including phenoxy) is 1. The zero-order valence-corrected chi connectivity index (χ0v) is 11.9. The maximum atomic E-state index is 11.9. The van der Waals surface area contributed by atoms with Gasteiger partial charge >= 0.3 is 0 Å². The summed E-state index contributed by atoms with van der Waals surface area (Å²) < 4.78 is 5.31. The Morgan fingerprint density at radius 3 is 2.61 bits per heavy atom. The van der Waals surface area contributed by atoms with E-state index in [-0.39, 0.29) is 17.9 Å². The van der Waals surface area contributed by atoms with E-state index in [1.807, 2.05) is 13.8 Å². The minimum Gasteiger partial charge on any atom is -0.379 e. The molecule has 1 amide bonds. The normalized spacial score (nSPS) is 20.4. The zero-order chi connectivity index (χ0) is 13.4. The molecule has 1 rings (SSSR count). The fraction of sp³-hybridized carbons (Fsp3) is 0.923.